The van der Waals surface area contributed by atoms with E-state index in [0.717, 1.165) is 10.5 Å². The number of primary amides is 1. The van der Waals surface area contributed by atoms with Crippen molar-refractivity contribution in [2.75, 3.05) is 12.3 Å². The number of nitrogens with zero attached hydrogens (tertiary/aromatic N) is 6. The first-order valence-electron chi connectivity index (χ1n) is 10.5. The molecule has 4 aromatic rings. The van der Waals surface area contributed by atoms with E-state index in [-0.39, 0.29) is 23.9 Å². The van der Waals surface area contributed by atoms with Crippen molar-refractivity contribution in [1.82, 2.24) is 30.7 Å². The van der Waals surface area contributed by atoms with E-state index in [1.54, 1.807) is 31.2 Å². The molecule has 2 amide bonds. The molecule has 2 aromatic heterocycles. The number of anilines is 1. The van der Waals surface area contributed by atoms with Crippen molar-refractivity contribution in [3.8, 4) is 11.6 Å². The molecule has 2 heterocycles. The Bertz CT molecular complexity index is 1380. The summed E-state index contributed by atoms with van der Waals surface area (Å²) in [4.78, 5) is 24.8. The number of carbonyl (C=O) groups is 2. The Morgan fingerprint density at radius 3 is 2.56 bits per heavy atom. The number of benzene rings is 2. The summed E-state index contributed by atoms with van der Waals surface area (Å²) in [6.45, 7) is 1.51. The summed E-state index contributed by atoms with van der Waals surface area (Å²) in [5, 5.41) is 19.6. The van der Waals surface area contributed by atoms with Crippen LogP contribution in [0.15, 0.2) is 69.2 Å². The largest absolute Gasteiger partial charge is 0.484 e. The van der Waals surface area contributed by atoms with E-state index in [2.05, 4.69) is 35.8 Å². The number of nitrogen functional groups attached to an aromatic ring is 1. The van der Waals surface area contributed by atoms with Crippen molar-refractivity contribution in [1.29, 1.82) is 0 Å². The standard InChI is InChI=1S/C22H21N9O4S/c1-13(14-7-9-15(10-8-14)34-11-18(23)32)25-27-22(33)19-17(12-36-16-5-3-2-4-6-16)31(30-26-19)21-20(24)28-35-29-21/h2-10H,11-12H2,1H3,(H2,23,32)(H2,24,28)(H,27,33)/b25-13-. The summed E-state index contributed by atoms with van der Waals surface area (Å²) in [6.07, 6.45) is 0. The molecule has 0 aliphatic carbocycles. The second kappa shape index (κ2) is 11.1. The fourth-order valence-corrected chi connectivity index (χ4v) is 3.89. The summed E-state index contributed by atoms with van der Waals surface area (Å²) < 4.78 is 11.2. The molecule has 0 fully saturated rings. The molecule has 0 atom stereocenters. The Hall–Kier alpha value is -4.72. The topological polar surface area (TPSA) is 189 Å². The first-order chi connectivity index (χ1) is 17.4. The highest BCUT2D eigenvalue weighted by molar-refractivity contribution is 7.98. The van der Waals surface area contributed by atoms with E-state index in [1.807, 2.05) is 30.3 Å². The Morgan fingerprint density at radius 1 is 1.14 bits per heavy atom. The van der Waals surface area contributed by atoms with Crippen LogP contribution in [0.4, 0.5) is 5.82 Å². The number of aromatic nitrogens is 5. The number of nitrogens with two attached hydrogens (primary N) is 2. The van der Waals surface area contributed by atoms with Crippen molar-refractivity contribution in [3.63, 3.8) is 0 Å². The van der Waals surface area contributed by atoms with Gasteiger partial charge in [0.15, 0.2) is 12.3 Å². The molecule has 0 aliphatic rings. The van der Waals surface area contributed by atoms with Crippen molar-refractivity contribution in [2.45, 2.75) is 17.6 Å². The van der Waals surface area contributed by atoms with Crippen molar-refractivity contribution in [2.24, 2.45) is 10.8 Å². The van der Waals surface area contributed by atoms with Crippen LogP contribution < -0.4 is 21.6 Å². The molecule has 0 bridgehead atoms. The lowest BCUT2D eigenvalue weighted by Crippen LogP contribution is -2.21. The molecule has 4 rings (SSSR count). The Morgan fingerprint density at radius 2 is 1.89 bits per heavy atom. The molecule has 5 N–H and O–H groups in total. The van der Waals surface area contributed by atoms with Gasteiger partial charge in [0.05, 0.1) is 11.4 Å². The Labute approximate surface area is 208 Å². The fraction of sp³-hybridized carbons (Fsp3) is 0.136. The smallest absolute Gasteiger partial charge is 0.293 e. The number of ether oxygens (including phenoxy) is 1. The first kappa shape index (κ1) is 24.4. The van der Waals surface area contributed by atoms with Gasteiger partial charge in [-0.15, -0.1) is 16.9 Å². The summed E-state index contributed by atoms with van der Waals surface area (Å²) in [6, 6.07) is 16.4. The number of hydrogen-bond acceptors (Lipinski definition) is 11. The fourth-order valence-electron chi connectivity index (χ4n) is 2.98. The van der Waals surface area contributed by atoms with Crippen LogP contribution >= 0.6 is 11.8 Å². The summed E-state index contributed by atoms with van der Waals surface area (Å²) in [5.74, 6) is -0.186. The van der Waals surface area contributed by atoms with Gasteiger partial charge >= 0.3 is 0 Å². The van der Waals surface area contributed by atoms with E-state index in [4.69, 9.17) is 16.2 Å². The van der Waals surface area contributed by atoms with Crippen LogP contribution in [0.25, 0.3) is 5.82 Å². The number of hydrogen-bond donors (Lipinski definition) is 3. The van der Waals surface area contributed by atoms with Gasteiger partial charge in [0, 0.05) is 10.6 Å². The molecule has 184 valence electrons. The van der Waals surface area contributed by atoms with Crippen LogP contribution in [0.3, 0.4) is 0 Å². The van der Waals surface area contributed by atoms with Gasteiger partial charge in [-0.05, 0) is 59.2 Å². The maximum Gasteiger partial charge on any atom is 0.293 e. The van der Waals surface area contributed by atoms with Crippen molar-refractivity contribution in [3.05, 3.63) is 71.5 Å². The van der Waals surface area contributed by atoms with Crippen LogP contribution in [0, 0.1) is 0 Å². The third kappa shape index (κ3) is 5.85. The van der Waals surface area contributed by atoms with Gasteiger partial charge in [-0.25, -0.2) is 10.1 Å². The van der Waals surface area contributed by atoms with Crippen LogP contribution in [0.1, 0.15) is 28.7 Å². The van der Waals surface area contributed by atoms with Crippen LogP contribution in [0.2, 0.25) is 0 Å². The van der Waals surface area contributed by atoms with Gasteiger partial charge in [-0.3, -0.25) is 9.59 Å². The molecular weight excluding hydrogens is 486 g/mol. The van der Waals surface area contributed by atoms with E-state index < -0.39 is 11.8 Å². The SMILES string of the molecule is C/C(=N/NC(=O)c1nnn(-c2nonc2N)c1CSc1ccccc1)c1ccc(OCC(N)=O)cc1. The predicted octanol–water partition coefficient (Wildman–Crippen LogP) is 1.54. The number of thioether (sulfide) groups is 1. The first-order valence-corrected chi connectivity index (χ1v) is 11.5. The maximum absolute atomic E-state index is 13.0. The number of rotatable bonds is 10. The molecule has 36 heavy (non-hydrogen) atoms. The second-order valence-corrected chi connectivity index (χ2v) is 8.34. The summed E-state index contributed by atoms with van der Waals surface area (Å²) in [7, 11) is 0. The lowest BCUT2D eigenvalue weighted by Gasteiger charge is -2.07. The van der Waals surface area contributed by atoms with Crippen LogP contribution in [-0.2, 0) is 10.5 Å². The highest BCUT2D eigenvalue weighted by Crippen LogP contribution is 2.25. The van der Waals surface area contributed by atoms with Gasteiger partial charge in [0.1, 0.15) is 5.75 Å². The average molecular weight is 508 g/mol. The number of hydrazone groups is 1. The van der Waals surface area contributed by atoms with Crippen molar-refractivity contribution < 1.29 is 19.0 Å². The van der Waals surface area contributed by atoms with E-state index in [9.17, 15) is 9.59 Å². The number of carbonyl (C=O) groups excluding carboxylic acids is 2. The lowest BCUT2D eigenvalue weighted by molar-refractivity contribution is -0.119. The molecule has 14 heteroatoms. The molecule has 0 saturated heterocycles. The average Bonchev–Trinajstić information content (AvgIpc) is 3.51. The monoisotopic (exact) mass is 507 g/mol. The zero-order valence-corrected chi connectivity index (χ0v) is 19.8. The number of nitrogens with one attached hydrogen (secondary N) is 1. The van der Waals surface area contributed by atoms with Crippen LogP contribution in [0.5, 0.6) is 5.75 Å². The predicted molar refractivity (Wildman–Crippen MR) is 130 cm³/mol. The quantitative estimate of drug-likeness (QED) is 0.161. The molecule has 0 aliphatic heterocycles. The molecule has 13 nitrogen and oxygen atoms in total. The molecular formula is C22H21N9O4S. The highest BCUT2D eigenvalue weighted by Gasteiger charge is 2.24. The van der Waals surface area contributed by atoms with Crippen molar-refractivity contribution >= 4 is 35.1 Å². The zero-order valence-electron chi connectivity index (χ0n) is 19.0. The van der Waals surface area contributed by atoms with Crippen LogP contribution in [-0.4, -0.2) is 49.4 Å². The van der Waals surface area contributed by atoms with Gasteiger partial charge in [-0.2, -0.15) is 9.78 Å². The normalized spacial score (nSPS) is 11.3. The van der Waals surface area contributed by atoms with Gasteiger partial charge < -0.3 is 16.2 Å². The number of amides is 2. The molecule has 0 radical (unpaired) electrons. The third-order valence-electron chi connectivity index (χ3n) is 4.77. The highest BCUT2D eigenvalue weighted by atomic mass is 32.2. The zero-order chi connectivity index (χ0) is 25.5. The van der Waals surface area contributed by atoms with E-state index in [0.29, 0.717) is 22.9 Å². The Kier molecular flexibility index (Phi) is 7.55. The van der Waals surface area contributed by atoms with Gasteiger partial charge in [0.2, 0.25) is 11.6 Å². The maximum atomic E-state index is 13.0. The van der Waals surface area contributed by atoms with E-state index >= 15 is 0 Å². The second-order valence-electron chi connectivity index (χ2n) is 7.29. The molecule has 2 aromatic carbocycles. The van der Waals surface area contributed by atoms with Gasteiger partial charge in [-0.1, -0.05) is 23.4 Å². The minimum Gasteiger partial charge on any atom is -0.484 e. The third-order valence-corrected chi connectivity index (χ3v) is 5.79. The summed E-state index contributed by atoms with van der Waals surface area (Å²) >= 11 is 1.48. The lowest BCUT2D eigenvalue weighted by atomic mass is 10.1. The van der Waals surface area contributed by atoms with Gasteiger partial charge in [0.25, 0.3) is 11.8 Å². The molecule has 0 saturated carbocycles. The minimum absolute atomic E-state index is 0.00920. The van der Waals surface area contributed by atoms with E-state index in [1.165, 1.54) is 16.4 Å². The molecule has 0 unspecified atom stereocenters. The Balaban J connectivity index is 1.52. The minimum atomic E-state index is -0.569. The molecule has 0 spiro atoms. The summed E-state index contributed by atoms with van der Waals surface area (Å²) in [5.41, 5.74) is 15.2.